The third-order valence-corrected chi connectivity index (χ3v) is 5.33. The highest BCUT2D eigenvalue weighted by Gasteiger charge is 2.22. The van der Waals surface area contributed by atoms with Crippen molar-refractivity contribution in [3.05, 3.63) is 82.1 Å². The van der Waals surface area contributed by atoms with Crippen LogP contribution < -0.4 is 0 Å². The van der Waals surface area contributed by atoms with Crippen molar-refractivity contribution in [2.24, 2.45) is 0 Å². The third-order valence-electron chi connectivity index (χ3n) is 5.02. The molecule has 0 spiro atoms. The molecule has 0 aliphatic carbocycles. The first-order chi connectivity index (χ1) is 14.6. The molecule has 2 heterocycles. The van der Waals surface area contributed by atoms with Crippen LogP contribution in [0.25, 0.3) is 12.2 Å². The molecule has 1 aliphatic heterocycles. The summed E-state index contributed by atoms with van der Waals surface area (Å²) in [6, 6.07) is 15.7. The third kappa shape index (κ3) is 4.90. The lowest BCUT2D eigenvalue weighted by molar-refractivity contribution is 0.0585. The summed E-state index contributed by atoms with van der Waals surface area (Å²) in [7, 11) is 0. The molecule has 8 heteroatoms. The van der Waals surface area contributed by atoms with E-state index in [2.05, 4.69) is 15.0 Å². The number of aromatic amines is 1. The Morgan fingerprint density at radius 3 is 2.43 bits per heavy atom. The maximum atomic E-state index is 13.1. The van der Waals surface area contributed by atoms with Crippen LogP contribution in [0.1, 0.15) is 21.7 Å². The van der Waals surface area contributed by atoms with Gasteiger partial charge in [0.1, 0.15) is 11.6 Å². The molecule has 0 unspecified atom stereocenters. The second-order valence-electron chi connectivity index (χ2n) is 7.12. The molecule has 1 aromatic heterocycles. The fourth-order valence-electron chi connectivity index (χ4n) is 3.35. The Hall–Kier alpha value is -3.10. The normalized spacial score (nSPS) is 15.0. The molecule has 0 radical (unpaired) electrons. The van der Waals surface area contributed by atoms with Gasteiger partial charge in [0.2, 0.25) is 4.77 Å². The Bertz CT molecular complexity index is 1080. The van der Waals surface area contributed by atoms with Crippen LogP contribution in [0.2, 0.25) is 0 Å². The molecule has 1 aliphatic rings. The smallest absolute Gasteiger partial charge is 0.253 e. The molecule has 6 nitrogen and oxygen atoms in total. The minimum atomic E-state index is -0.342. The Morgan fingerprint density at radius 2 is 1.73 bits per heavy atom. The zero-order valence-electron chi connectivity index (χ0n) is 16.4. The second-order valence-corrected chi connectivity index (χ2v) is 7.49. The number of benzene rings is 2. The second kappa shape index (κ2) is 9.15. The number of nitrogens with one attached hydrogen (secondary N) is 1. The minimum Gasteiger partial charge on any atom is -0.336 e. The highest BCUT2D eigenvalue weighted by Crippen LogP contribution is 2.11. The number of nitrogens with zero attached hydrogens (tertiary/aromatic N) is 4. The number of carbonyl (C=O) groups is 1. The number of piperazine rings is 1. The van der Waals surface area contributed by atoms with Crippen LogP contribution in [0.15, 0.2) is 54.6 Å². The van der Waals surface area contributed by atoms with E-state index in [0.717, 1.165) is 18.7 Å². The maximum Gasteiger partial charge on any atom is 0.253 e. The van der Waals surface area contributed by atoms with Crippen molar-refractivity contribution in [1.29, 1.82) is 0 Å². The minimum absolute atomic E-state index is 0.0684. The molecular weight excluding hydrogens is 401 g/mol. The van der Waals surface area contributed by atoms with Gasteiger partial charge in [-0.15, -0.1) is 0 Å². The quantitative estimate of drug-likeness (QED) is 0.637. The summed E-state index contributed by atoms with van der Waals surface area (Å²) in [6.45, 7) is 3.26. The Kier molecular flexibility index (Phi) is 6.15. The van der Waals surface area contributed by atoms with Crippen molar-refractivity contribution < 1.29 is 9.18 Å². The van der Waals surface area contributed by atoms with Crippen molar-refractivity contribution >= 4 is 30.3 Å². The number of amides is 1. The molecule has 0 atom stereocenters. The van der Waals surface area contributed by atoms with E-state index in [1.54, 1.807) is 4.90 Å². The number of halogens is 1. The van der Waals surface area contributed by atoms with Crippen LogP contribution in [0, 0.1) is 10.6 Å². The predicted molar refractivity (Wildman–Crippen MR) is 117 cm³/mol. The zero-order chi connectivity index (χ0) is 20.9. The molecule has 1 fully saturated rings. The van der Waals surface area contributed by atoms with Crippen molar-refractivity contribution in [3.8, 4) is 0 Å². The van der Waals surface area contributed by atoms with Crippen molar-refractivity contribution in [2.75, 3.05) is 26.2 Å². The molecule has 30 heavy (non-hydrogen) atoms. The zero-order valence-corrected chi connectivity index (χ0v) is 17.2. The van der Waals surface area contributed by atoms with Gasteiger partial charge in [-0.1, -0.05) is 36.4 Å². The molecule has 4 rings (SSSR count). The van der Waals surface area contributed by atoms with E-state index in [-0.39, 0.29) is 11.7 Å². The van der Waals surface area contributed by atoms with Gasteiger partial charge in [0.25, 0.3) is 5.91 Å². The Morgan fingerprint density at radius 1 is 1.03 bits per heavy atom. The largest absolute Gasteiger partial charge is 0.336 e. The lowest BCUT2D eigenvalue weighted by atomic mass is 10.2. The van der Waals surface area contributed by atoms with Gasteiger partial charge in [-0.2, -0.15) is 4.98 Å². The molecule has 1 amide bonds. The lowest BCUT2D eigenvalue weighted by Gasteiger charge is -2.34. The molecule has 0 saturated carbocycles. The van der Waals surface area contributed by atoms with E-state index in [1.165, 1.54) is 24.3 Å². The first kappa shape index (κ1) is 20.2. The summed E-state index contributed by atoms with van der Waals surface area (Å²) in [5.41, 5.74) is 1.60. The van der Waals surface area contributed by atoms with Gasteiger partial charge in [-0.25, -0.2) is 9.07 Å². The predicted octanol–water partition coefficient (Wildman–Crippen LogP) is 3.67. The van der Waals surface area contributed by atoms with Crippen LogP contribution in [0.3, 0.4) is 0 Å². The van der Waals surface area contributed by atoms with Gasteiger partial charge in [0, 0.05) is 31.7 Å². The topological polar surface area (TPSA) is 57.2 Å². The molecule has 2 aromatic carbocycles. The number of rotatable bonds is 5. The first-order valence-corrected chi connectivity index (χ1v) is 10.2. The highest BCUT2D eigenvalue weighted by atomic mass is 32.1. The van der Waals surface area contributed by atoms with E-state index in [4.69, 9.17) is 12.2 Å². The summed E-state index contributed by atoms with van der Waals surface area (Å²) >= 11 is 5.38. The van der Waals surface area contributed by atoms with E-state index >= 15 is 0 Å². The molecule has 1 N–H and O–H groups in total. The summed E-state index contributed by atoms with van der Waals surface area (Å²) in [6.07, 6.45) is 3.89. The van der Waals surface area contributed by atoms with E-state index in [9.17, 15) is 9.18 Å². The average molecular weight is 424 g/mol. The first-order valence-electron chi connectivity index (χ1n) is 9.76. The Labute approximate surface area is 179 Å². The van der Waals surface area contributed by atoms with Crippen LogP contribution in [-0.2, 0) is 6.67 Å². The molecule has 3 aromatic rings. The van der Waals surface area contributed by atoms with Gasteiger partial charge in [0.15, 0.2) is 0 Å². The molecule has 0 bridgehead atoms. The monoisotopic (exact) mass is 423 g/mol. The average Bonchev–Trinajstić information content (AvgIpc) is 3.13. The number of aromatic nitrogens is 3. The van der Waals surface area contributed by atoms with Gasteiger partial charge in [-0.3, -0.25) is 14.8 Å². The summed E-state index contributed by atoms with van der Waals surface area (Å²) in [4.78, 5) is 21.0. The van der Waals surface area contributed by atoms with Gasteiger partial charge in [0.05, 0.1) is 6.67 Å². The van der Waals surface area contributed by atoms with Crippen LogP contribution in [0.5, 0.6) is 0 Å². The standard InChI is InChI=1S/C22H22FN5OS/c23-19-9-7-18(8-10-19)21(29)27-14-12-26(13-15-27)16-28-22(30)24-20(25-28)11-6-17-4-2-1-3-5-17/h1-11H,12-16H2,(H,24,25,30). The van der Waals surface area contributed by atoms with Gasteiger partial charge in [-0.05, 0) is 48.1 Å². The van der Waals surface area contributed by atoms with Gasteiger partial charge >= 0.3 is 0 Å². The highest BCUT2D eigenvalue weighted by molar-refractivity contribution is 7.71. The lowest BCUT2D eigenvalue weighted by Crippen LogP contribution is -2.49. The Balaban J connectivity index is 1.33. The molecule has 154 valence electrons. The molecular formula is C22H22FN5OS. The van der Waals surface area contributed by atoms with Crippen molar-refractivity contribution in [3.63, 3.8) is 0 Å². The number of carbonyl (C=O) groups excluding carboxylic acids is 1. The summed E-state index contributed by atoms with van der Waals surface area (Å²) in [5.74, 6) is 0.292. The van der Waals surface area contributed by atoms with E-state index in [1.807, 2.05) is 47.2 Å². The fourth-order valence-corrected chi connectivity index (χ4v) is 3.55. The fraction of sp³-hybridized carbons (Fsp3) is 0.227. The van der Waals surface area contributed by atoms with Crippen molar-refractivity contribution in [2.45, 2.75) is 6.67 Å². The number of hydrogen-bond acceptors (Lipinski definition) is 4. The maximum absolute atomic E-state index is 13.1. The summed E-state index contributed by atoms with van der Waals surface area (Å²) < 4.78 is 15.4. The summed E-state index contributed by atoms with van der Waals surface area (Å²) in [5, 5.41) is 3.22. The molecule has 1 saturated heterocycles. The number of hydrogen-bond donors (Lipinski definition) is 1. The number of H-pyrrole nitrogens is 1. The van der Waals surface area contributed by atoms with Crippen LogP contribution in [0.4, 0.5) is 4.39 Å². The van der Waals surface area contributed by atoms with Gasteiger partial charge < -0.3 is 4.90 Å². The van der Waals surface area contributed by atoms with Crippen LogP contribution >= 0.6 is 12.2 Å². The van der Waals surface area contributed by atoms with E-state index < -0.39 is 0 Å². The van der Waals surface area contributed by atoms with E-state index in [0.29, 0.717) is 35.9 Å². The van der Waals surface area contributed by atoms with Crippen LogP contribution in [-0.4, -0.2) is 56.7 Å². The SMILES string of the molecule is O=C(c1ccc(F)cc1)N1CCN(Cn2[nH]c(C=Cc3ccccc3)nc2=S)CC1. The van der Waals surface area contributed by atoms with Crippen molar-refractivity contribution in [1.82, 2.24) is 24.6 Å².